The van der Waals surface area contributed by atoms with E-state index in [1.54, 1.807) is 0 Å². The maximum Gasteiger partial charge on any atom is 0.139 e. The molecule has 3 aromatic carbocycles. The molecule has 0 radical (unpaired) electrons. The van der Waals surface area contributed by atoms with Gasteiger partial charge in [0.2, 0.25) is 0 Å². The quantitative estimate of drug-likeness (QED) is 0.470. The normalized spacial score (nSPS) is 15.3. The SMILES string of the molecule is CCCN1CCN(c2ccccc2)CC1.Cc1ccccc1-c1cc2cc(c1Cl)OC2. The molecule has 3 aromatic rings. The van der Waals surface area contributed by atoms with Crippen LogP contribution in [0.3, 0.4) is 0 Å². The van der Waals surface area contributed by atoms with E-state index in [9.17, 15) is 0 Å². The van der Waals surface area contributed by atoms with Gasteiger partial charge in [0.1, 0.15) is 12.4 Å². The van der Waals surface area contributed by atoms with Crippen LogP contribution >= 0.6 is 11.6 Å². The standard InChI is InChI=1S/C14H11ClO.C13H20N2/c1-9-4-2-3-5-11(9)12-6-10-7-13(14(12)15)16-8-10;1-2-8-14-9-11-15(12-10-14)13-6-4-3-5-7-13/h2-7H,8H2,1H3;3-7H,2,8-12H2,1H3. The van der Waals surface area contributed by atoms with Gasteiger partial charge in [0.15, 0.2) is 0 Å². The maximum atomic E-state index is 6.32. The van der Waals surface area contributed by atoms with Crippen molar-refractivity contribution in [1.29, 1.82) is 0 Å². The molecule has 3 nitrogen and oxygen atoms in total. The highest BCUT2D eigenvalue weighted by Crippen LogP contribution is 2.41. The Kier molecular flexibility index (Phi) is 7.16. The van der Waals surface area contributed by atoms with Crippen molar-refractivity contribution >= 4 is 17.3 Å². The fourth-order valence-corrected chi connectivity index (χ4v) is 4.53. The number of ether oxygens (including phenoxy) is 1. The first-order valence-electron chi connectivity index (χ1n) is 11.2. The van der Waals surface area contributed by atoms with E-state index in [2.05, 4.69) is 72.2 Å². The van der Waals surface area contributed by atoms with Crippen LogP contribution < -0.4 is 9.64 Å². The number of halogens is 1. The molecular formula is C27H31ClN2O. The molecule has 31 heavy (non-hydrogen) atoms. The van der Waals surface area contributed by atoms with Crippen molar-refractivity contribution in [2.24, 2.45) is 0 Å². The number of para-hydroxylation sites is 1. The van der Waals surface area contributed by atoms with Crippen molar-refractivity contribution in [3.63, 3.8) is 0 Å². The fraction of sp³-hybridized carbons (Fsp3) is 0.333. The Bertz CT molecular complexity index is 997. The Morgan fingerprint density at radius 2 is 1.58 bits per heavy atom. The number of rotatable bonds is 4. The topological polar surface area (TPSA) is 15.7 Å². The van der Waals surface area contributed by atoms with E-state index < -0.39 is 0 Å². The van der Waals surface area contributed by atoms with Crippen LogP contribution in [-0.4, -0.2) is 37.6 Å². The molecule has 2 bridgehead atoms. The van der Waals surface area contributed by atoms with Gasteiger partial charge in [0.05, 0.1) is 5.02 Å². The molecule has 5 rings (SSSR count). The van der Waals surface area contributed by atoms with E-state index in [4.69, 9.17) is 16.3 Å². The molecule has 1 fully saturated rings. The van der Waals surface area contributed by atoms with E-state index in [0.717, 1.165) is 16.3 Å². The van der Waals surface area contributed by atoms with E-state index >= 15 is 0 Å². The minimum Gasteiger partial charge on any atom is -0.487 e. The second-order valence-electron chi connectivity index (χ2n) is 8.22. The van der Waals surface area contributed by atoms with Crippen molar-refractivity contribution in [1.82, 2.24) is 4.90 Å². The molecule has 2 heterocycles. The summed E-state index contributed by atoms with van der Waals surface area (Å²) >= 11 is 6.32. The number of fused-ring (bicyclic) bond motifs is 2. The van der Waals surface area contributed by atoms with E-state index in [0.29, 0.717) is 6.61 Å². The molecule has 2 aliphatic heterocycles. The van der Waals surface area contributed by atoms with Crippen LogP contribution in [0.2, 0.25) is 5.02 Å². The lowest BCUT2D eigenvalue weighted by atomic mass is 9.99. The molecule has 0 aromatic heterocycles. The molecule has 1 saturated heterocycles. The fourth-order valence-electron chi connectivity index (χ4n) is 4.26. The van der Waals surface area contributed by atoms with Gasteiger partial charge in [0.25, 0.3) is 0 Å². The van der Waals surface area contributed by atoms with E-state index in [-0.39, 0.29) is 0 Å². The first kappa shape index (κ1) is 21.7. The summed E-state index contributed by atoms with van der Waals surface area (Å²) in [7, 11) is 0. The molecule has 0 unspecified atom stereocenters. The Balaban J connectivity index is 0.000000150. The van der Waals surface area contributed by atoms with E-state index in [1.807, 2.05) is 18.2 Å². The third kappa shape index (κ3) is 5.23. The number of aryl methyl sites for hydroxylation is 1. The lowest BCUT2D eigenvalue weighted by molar-refractivity contribution is 0.258. The Hall–Kier alpha value is -2.49. The van der Waals surface area contributed by atoms with Crippen LogP contribution in [0.4, 0.5) is 5.69 Å². The average molecular weight is 435 g/mol. The van der Waals surface area contributed by atoms with Crippen LogP contribution in [0, 0.1) is 6.92 Å². The van der Waals surface area contributed by atoms with Crippen LogP contribution in [0.25, 0.3) is 11.1 Å². The van der Waals surface area contributed by atoms with Crippen LogP contribution in [0.1, 0.15) is 24.5 Å². The summed E-state index contributed by atoms with van der Waals surface area (Å²) in [4.78, 5) is 5.03. The summed E-state index contributed by atoms with van der Waals surface area (Å²) < 4.78 is 5.48. The highest BCUT2D eigenvalue weighted by atomic mass is 35.5. The zero-order chi connectivity index (χ0) is 21.6. The number of piperazine rings is 1. The van der Waals surface area contributed by atoms with Gasteiger partial charge >= 0.3 is 0 Å². The van der Waals surface area contributed by atoms with Crippen LogP contribution in [0.5, 0.6) is 5.75 Å². The zero-order valence-electron chi connectivity index (χ0n) is 18.5. The lowest BCUT2D eigenvalue weighted by Crippen LogP contribution is -2.46. The van der Waals surface area contributed by atoms with Gasteiger partial charge < -0.3 is 9.64 Å². The summed E-state index contributed by atoms with van der Waals surface area (Å²) in [6.07, 6.45) is 1.27. The minimum atomic E-state index is 0.640. The number of nitrogens with zero attached hydrogens (tertiary/aromatic N) is 2. The van der Waals surface area contributed by atoms with Gasteiger partial charge in [-0.25, -0.2) is 0 Å². The smallest absolute Gasteiger partial charge is 0.139 e. The molecular weight excluding hydrogens is 404 g/mol. The molecule has 4 heteroatoms. The van der Waals surface area contributed by atoms with Crippen molar-refractivity contribution in [2.45, 2.75) is 26.9 Å². The Morgan fingerprint density at radius 1 is 0.871 bits per heavy atom. The van der Waals surface area contributed by atoms with Gasteiger partial charge in [-0.3, -0.25) is 4.90 Å². The first-order chi connectivity index (χ1) is 15.2. The molecule has 0 aliphatic carbocycles. The van der Waals surface area contributed by atoms with Gasteiger partial charge in [0, 0.05) is 37.4 Å². The monoisotopic (exact) mass is 434 g/mol. The molecule has 162 valence electrons. The van der Waals surface area contributed by atoms with Crippen molar-refractivity contribution in [3.8, 4) is 16.9 Å². The summed E-state index contributed by atoms with van der Waals surface area (Å²) in [5, 5.41) is 0.718. The van der Waals surface area contributed by atoms with Gasteiger partial charge in [-0.05, 0) is 60.8 Å². The molecule has 2 aliphatic rings. The van der Waals surface area contributed by atoms with Crippen LogP contribution in [-0.2, 0) is 6.61 Å². The third-order valence-corrected chi connectivity index (χ3v) is 6.35. The van der Waals surface area contributed by atoms with Gasteiger partial charge in [-0.2, -0.15) is 0 Å². The summed E-state index contributed by atoms with van der Waals surface area (Å²) in [6, 6.07) is 23.1. The minimum absolute atomic E-state index is 0.640. The molecule has 0 spiro atoms. The number of benzene rings is 3. The Morgan fingerprint density at radius 3 is 2.29 bits per heavy atom. The van der Waals surface area contributed by atoms with Crippen LogP contribution in [0.15, 0.2) is 66.7 Å². The number of hydrogen-bond donors (Lipinski definition) is 0. The predicted octanol–water partition coefficient (Wildman–Crippen LogP) is 6.43. The second-order valence-corrected chi connectivity index (χ2v) is 8.60. The molecule has 0 amide bonds. The number of hydrogen-bond acceptors (Lipinski definition) is 3. The zero-order valence-corrected chi connectivity index (χ0v) is 19.2. The van der Waals surface area contributed by atoms with Crippen molar-refractivity contribution in [3.05, 3.63) is 82.9 Å². The Labute approximate surface area is 191 Å². The summed E-state index contributed by atoms with van der Waals surface area (Å²) in [6.45, 7) is 11.0. The van der Waals surface area contributed by atoms with Crippen molar-refractivity contribution < 1.29 is 4.74 Å². The first-order valence-corrected chi connectivity index (χ1v) is 11.6. The largest absolute Gasteiger partial charge is 0.487 e. The lowest BCUT2D eigenvalue weighted by Gasteiger charge is -2.35. The second kappa shape index (κ2) is 10.2. The molecule has 0 atom stereocenters. The molecule has 0 saturated carbocycles. The number of anilines is 1. The highest BCUT2D eigenvalue weighted by Gasteiger charge is 2.18. The predicted molar refractivity (Wildman–Crippen MR) is 131 cm³/mol. The van der Waals surface area contributed by atoms with Crippen molar-refractivity contribution in [2.75, 3.05) is 37.6 Å². The third-order valence-electron chi connectivity index (χ3n) is 5.96. The van der Waals surface area contributed by atoms with Gasteiger partial charge in [-0.1, -0.05) is 61.0 Å². The molecule has 0 N–H and O–H groups in total. The summed E-state index contributed by atoms with van der Waals surface area (Å²) in [5.41, 5.74) is 6.05. The van der Waals surface area contributed by atoms with Gasteiger partial charge in [-0.15, -0.1) is 0 Å². The van der Waals surface area contributed by atoms with E-state index in [1.165, 1.54) is 61.5 Å². The summed E-state index contributed by atoms with van der Waals surface area (Å²) in [5.74, 6) is 0.803. The average Bonchev–Trinajstić information content (AvgIpc) is 3.22. The maximum absolute atomic E-state index is 6.32. The highest BCUT2D eigenvalue weighted by molar-refractivity contribution is 6.35.